The van der Waals surface area contributed by atoms with Crippen LogP contribution >= 0.6 is 12.6 Å². The second-order valence-electron chi connectivity index (χ2n) is 1.44. The molecule has 0 saturated carbocycles. The molecule has 0 aromatic rings. The monoisotopic (exact) mass is 147 g/mol. The molecule has 52 valence electrons. The Morgan fingerprint density at radius 2 is 2.56 bits per heavy atom. The van der Waals surface area contributed by atoms with E-state index in [2.05, 4.69) is 17.6 Å². The fourth-order valence-corrected chi connectivity index (χ4v) is 0.619. The van der Waals surface area contributed by atoms with Crippen LogP contribution in [0.25, 0.3) is 0 Å². The van der Waals surface area contributed by atoms with Crippen LogP contribution in [0.4, 0.5) is 0 Å². The van der Waals surface area contributed by atoms with E-state index in [0.29, 0.717) is 0 Å². The minimum absolute atomic E-state index is 0.250. The predicted octanol–water partition coefficient (Wildman–Crippen LogP) is 0.460. The Kier molecular flexibility index (Phi) is 4.13. The summed E-state index contributed by atoms with van der Waals surface area (Å²) < 4.78 is 0. The summed E-state index contributed by atoms with van der Waals surface area (Å²) in [4.78, 5) is 13.8. The molecule has 0 aliphatic rings. The minimum atomic E-state index is -0.928. The molecular weight excluding hydrogens is 138 g/mol. The smallest absolute Gasteiger partial charge is 0.329 e. The van der Waals surface area contributed by atoms with Gasteiger partial charge in [-0.25, -0.2) is 4.79 Å². The number of rotatable bonds is 3. The Morgan fingerprint density at radius 1 is 2.00 bits per heavy atom. The van der Waals surface area contributed by atoms with E-state index in [1.165, 1.54) is 6.21 Å². The molecule has 1 atom stereocenters. The average Bonchev–Trinajstić information content (AvgIpc) is 1.82. The summed E-state index contributed by atoms with van der Waals surface area (Å²) in [7, 11) is 0. The lowest BCUT2D eigenvalue weighted by molar-refractivity contribution is -0.137. The van der Waals surface area contributed by atoms with Gasteiger partial charge in [-0.1, -0.05) is 0 Å². The van der Waals surface area contributed by atoms with Crippen molar-refractivity contribution in [2.24, 2.45) is 4.99 Å². The Balaban J connectivity index is 3.83. The van der Waals surface area contributed by atoms with Crippen molar-refractivity contribution in [2.75, 3.05) is 5.75 Å². The van der Waals surface area contributed by atoms with Crippen LogP contribution in [0.5, 0.6) is 0 Å². The number of hydrogen-bond donors (Lipinski definition) is 2. The number of carboxylic acids is 1. The van der Waals surface area contributed by atoms with Crippen molar-refractivity contribution in [3.8, 4) is 0 Å². The van der Waals surface area contributed by atoms with E-state index >= 15 is 0 Å². The first kappa shape index (κ1) is 8.49. The number of aliphatic carboxylic acids is 1. The largest absolute Gasteiger partial charge is 0.480 e. The maximum Gasteiger partial charge on any atom is 0.329 e. The Morgan fingerprint density at radius 3 is 2.67 bits per heavy atom. The van der Waals surface area contributed by atoms with Gasteiger partial charge < -0.3 is 5.11 Å². The van der Waals surface area contributed by atoms with Gasteiger partial charge >= 0.3 is 5.97 Å². The number of aliphatic imine (C=N–C) groups is 1. The normalized spacial score (nSPS) is 14.0. The topological polar surface area (TPSA) is 49.7 Å². The van der Waals surface area contributed by atoms with Crippen molar-refractivity contribution in [3.05, 3.63) is 0 Å². The molecule has 0 saturated heterocycles. The van der Waals surface area contributed by atoms with Crippen LogP contribution in [0.2, 0.25) is 0 Å². The number of carboxylic acid groups (broad SMARTS) is 1. The zero-order chi connectivity index (χ0) is 7.28. The fraction of sp³-hybridized carbons (Fsp3) is 0.600. The molecular formula is C5H9NO2S. The number of nitrogens with zero attached hydrogens (tertiary/aromatic N) is 1. The van der Waals surface area contributed by atoms with Gasteiger partial charge in [-0.3, -0.25) is 4.99 Å². The highest BCUT2D eigenvalue weighted by molar-refractivity contribution is 7.80. The van der Waals surface area contributed by atoms with Crippen molar-refractivity contribution >= 4 is 24.8 Å². The Hall–Kier alpha value is -0.510. The quantitative estimate of drug-likeness (QED) is 0.450. The lowest BCUT2D eigenvalue weighted by Gasteiger charge is -1.99. The number of carbonyl (C=O) groups is 1. The molecule has 0 aromatic heterocycles. The molecule has 0 heterocycles. The highest BCUT2D eigenvalue weighted by atomic mass is 32.1. The van der Waals surface area contributed by atoms with Crippen LogP contribution in [0.3, 0.4) is 0 Å². The highest BCUT2D eigenvalue weighted by Crippen LogP contribution is 1.92. The van der Waals surface area contributed by atoms with Crippen molar-refractivity contribution in [3.63, 3.8) is 0 Å². The standard InChI is InChI=1S/C5H9NO2S/c1-2-6-4(3-9)5(7)8/h2,4,9H,3H2,1H3,(H,7,8). The average molecular weight is 147 g/mol. The molecule has 1 unspecified atom stereocenters. The molecule has 0 aliphatic heterocycles. The second kappa shape index (κ2) is 4.38. The van der Waals surface area contributed by atoms with Gasteiger partial charge in [-0.2, -0.15) is 12.6 Å². The van der Waals surface area contributed by atoms with E-state index in [9.17, 15) is 4.79 Å². The van der Waals surface area contributed by atoms with E-state index in [0.717, 1.165) is 0 Å². The first-order valence-corrected chi connectivity index (χ1v) is 3.17. The third-order valence-electron chi connectivity index (χ3n) is 0.787. The Bertz CT molecular complexity index is 124. The SMILES string of the molecule is CC=NC(CS)C(=O)O. The molecule has 0 rings (SSSR count). The van der Waals surface area contributed by atoms with E-state index in [1.807, 2.05) is 0 Å². The van der Waals surface area contributed by atoms with Gasteiger partial charge in [0, 0.05) is 5.75 Å². The predicted molar refractivity (Wildman–Crippen MR) is 39.4 cm³/mol. The lowest BCUT2D eigenvalue weighted by Crippen LogP contribution is -2.19. The highest BCUT2D eigenvalue weighted by Gasteiger charge is 2.10. The zero-order valence-electron chi connectivity index (χ0n) is 5.11. The van der Waals surface area contributed by atoms with Crippen LogP contribution in [0.15, 0.2) is 4.99 Å². The van der Waals surface area contributed by atoms with Gasteiger partial charge in [0.15, 0.2) is 6.04 Å². The maximum atomic E-state index is 10.2. The summed E-state index contributed by atoms with van der Waals surface area (Å²) in [6, 6.07) is -0.682. The fourth-order valence-electron chi connectivity index (χ4n) is 0.369. The summed E-state index contributed by atoms with van der Waals surface area (Å²) >= 11 is 3.79. The molecule has 1 N–H and O–H groups in total. The van der Waals surface area contributed by atoms with E-state index in [1.54, 1.807) is 6.92 Å². The van der Waals surface area contributed by atoms with Crippen molar-refractivity contribution in [2.45, 2.75) is 13.0 Å². The van der Waals surface area contributed by atoms with Gasteiger partial charge in [0.1, 0.15) is 0 Å². The minimum Gasteiger partial charge on any atom is -0.480 e. The second-order valence-corrected chi connectivity index (χ2v) is 1.81. The lowest BCUT2D eigenvalue weighted by atomic mass is 10.4. The molecule has 9 heavy (non-hydrogen) atoms. The van der Waals surface area contributed by atoms with Crippen LogP contribution in [0.1, 0.15) is 6.92 Å². The summed E-state index contributed by atoms with van der Waals surface area (Å²) in [5.41, 5.74) is 0. The maximum absolute atomic E-state index is 10.2. The van der Waals surface area contributed by atoms with E-state index in [-0.39, 0.29) is 5.75 Å². The first-order valence-electron chi connectivity index (χ1n) is 2.53. The molecule has 0 aromatic carbocycles. The van der Waals surface area contributed by atoms with Crippen LogP contribution in [-0.2, 0) is 4.79 Å². The summed E-state index contributed by atoms with van der Waals surface area (Å²) in [6.07, 6.45) is 1.47. The number of thiol groups is 1. The van der Waals surface area contributed by atoms with Gasteiger partial charge in [-0.05, 0) is 13.1 Å². The van der Waals surface area contributed by atoms with Gasteiger partial charge in [0.2, 0.25) is 0 Å². The van der Waals surface area contributed by atoms with Gasteiger partial charge in [0.25, 0.3) is 0 Å². The molecule has 0 amide bonds. The number of hydrogen-bond acceptors (Lipinski definition) is 3. The van der Waals surface area contributed by atoms with Crippen LogP contribution < -0.4 is 0 Å². The zero-order valence-corrected chi connectivity index (χ0v) is 6.01. The third-order valence-corrected chi connectivity index (χ3v) is 1.13. The molecule has 0 bridgehead atoms. The van der Waals surface area contributed by atoms with Gasteiger partial charge in [0.05, 0.1) is 0 Å². The van der Waals surface area contributed by atoms with Crippen molar-refractivity contribution in [1.82, 2.24) is 0 Å². The molecule has 0 spiro atoms. The van der Waals surface area contributed by atoms with Crippen molar-refractivity contribution in [1.29, 1.82) is 0 Å². The first-order chi connectivity index (χ1) is 4.22. The third kappa shape index (κ3) is 3.13. The molecule has 0 fully saturated rings. The molecule has 3 nitrogen and oxygen atoms in total. The van der Waals surface area contributed by atoms with Gasteiger partial charge in [-0.15, -0.1) is 0 Å². The molecule has 0 radical (unpaired) electrons. The Labute approximate surface area is 59.2 Å². The molecule has 4 heteroatoms. The van der Waals surface area contributed by atoms with Crippen LogP contribution in [-0.4, -0.2) is 29.1 Å². The summed E-state index contributed by atoms with van der Waals surface area (Å²) in [5, 5.41) is 8.34. The summed E-state index contributed by atoms with van der Waals surface area (Å²) in [5.74, 6) is -0.678. The van der Waals surface area contributed by atoms with E-state index < -0.39 is 12.0 Å². The molecule has 0 aliphatic carbocycles. The van der Waals surface area contributed by atoms with Crippen molar-refractivity contribution < 1.29 is 9.90 Å². The summed E-state index contributed by atoms with van der Waals surface area (Å²) in [6.45, 7) is 1.68. The van der Waals surface area contributed by atoms with Crippen LogP contribution in [0, 0.1) is 0 Å². The van der Waals surface area contributed by atoms with E-state index in [4.69, 9.17) is 5.11 Å².